The number of allylic oxidation sites excluding steroid dienone is 1. The van der Waals surface area contributed by atoms with Crippen LogP contribution < -0.4 is 20.5 Å². The lowest BCUT2D eigenvalue weighted by molar-refractivity contribution is -0.144. The van der Waals surface area contributed by atoms with Crippen LogP contribution in [0.2, 0.25) is 0 Å². The second-order valence-electron chi connectivity index (χ2n) is 7.76. The molecule has 6 nitrogen and oxygen atoms in total. The zero-order valence-corrected chi connectivity index (χ0v) is 14.0. The maximum Gasteiger partial charge on any atom is 0.331 e. The van der Waals surface area contributed by atoms with Gasteiger partial charge in [0.15, 0.2) is 12.3 Å². The number of ketones is 1. The van der Waals surface area contributed by atoms with E-state index in [0.29, 0.717) is 25.1 Å². The van der Waals surface area contributed by atoms with Gasteiger partial charge in [0.05, 0.1) is 28.3 Å². The van der Waals surface area contributed by atoms with Gasteiger partial charge in [0.1, 0.15) is 5.69 Å². The molecule has 1 aliphatic carbocycles. The van der Waals surface area contributed by atoms with Gasteiger partial charge in [-0.05, 0) is 12.0 Å². The van der Waals surface area contributed by atoms with Crippen molar-refractivity contribution in [1.82, 2.24) is 4.58 Å². The number of nitrogens with zero attached hydrogens (tertiary/aromatic N) is 2. The monoisotopic (exact) mass is 352 g/mol. The highest BCUT2D eigenvalue weighted by Gasteiger charge is 2.67. The molecule has 1 aromatic rings. The van der Waals surface area contributed by atoms with Crippen LogP contribution in [0.15, 0.2) is 16.0 Å². The molecule has 0 amide bonds. The van der Waals surface area contributed by atoms with Crippen LogP contribution in [0.5, 0.6) is 5.75 Å². The summed E-state index contributed by atoms with van der Waals surface area (Å²) in [6, 6.07) is 0. The number of fused-ring (bicyclic) bond motifs is 3. The number of carbonyl (C=O) groups excluding carboxylic acids is 1. The van der Waals surface area contributed by atoms with Gasteiger partial charge in [-0.1, -0.05) is 0 Å². The third-order valence-corrected chi connectivity index (χ3v) is 8.01. The number of thioether (sulfide) groups is 1. The molecule has 1 saturated heterocycles. The number of aromatic hydroxyl groups is 1. The zero-order valence-electron chi connectivity index (χ0n) is 13.2. The molecule has 7 rings (SSSR count). The number of aliphatic hydroxyl groups is 1. The number of nitrogens with one attached hydrogen (secondary N) is 1. The Kier molecular flexibility index (Phi) is 1.86. The number of hydrogen-bond donors (Lipinski definition) is 3. The number of carbonyl (C=O) groups is 1. The standard InChI is InChI=1S/C18H13N3O3S/c22-8-3-9-17-4-10(25-9)20-14-12(17)15-11-7(5-19-13(11)16(14)23)1-2-21(15)18(8,24)6-17/h3,5,10,24H,1-2,4,6H2,(H,19,20,23)/p+1/t10?,17-,18?/m1/s1. The van der Waals surface area contributed by atoms with Crippen LogP contribution in [0.3, 0.4) is 0 Å². The molecule has 0 saturated carbocycles. The Bertz CT molecular complexity index is 1170. The summed E-state index contributed by atoms with van der Waals surface area (Å²) < 4.78 is 1.87. The largest absolute Gasteiger partial charge is 0.504 e. The molecule has 5 heterocycles. The first-order valence-electron chi connectivity index (χ1n) is 8.56. The summed E-state index contributed by atoms with van der Waals surface area (Å²) in [7, 11) is 0. The van der Waals surface area contributed by atoms with E-state index in [0.717, 1.165) is 38.7 Å². The second-order valence-corrected chi connectivity index (χ2v) is 9.00. The van der Waals surface area contributed by atoms with Crippen LogP contribution >= 0.6 is 11.8 Å². The summed E-state index contributed by atoms with van der Waals surface area (Å²) in [5.41, 5.74) is 1.59. The minimum absolute atomic E-state index is 0.106. The number of rotatable bonds is 0. The van der Waals surface area contributed by atoms with E-state index in [1.807, 2.05) is 10.8 Å². The zero-order chi connectivity index (χ0) is 16.7. The van der Waals surface area contributed by atoms with E-state index in [2.05, 4.69) is 10.3 Å². The van der Waals surface area contributed by atoms with E-state index in [1.54, 1.807) is 17.8 Å². The Labute approximate surface area is 146 Å². The maximum absolute atomic E-state index is 12.9. The van der Waals surface area contributed by atoms with E-state index in [9.17, 15) is 15.0 Å². The van der Waals surface area contributed by atoms with E-state index >= 15 is 0 Å². The van der Waals surface area contributed by atoms with Crippen LogP contribution in [0.25, 0.3) is 5.57 Å². The fraction of sp³-hybridized carbons (Fsp3) is 0.389. The van der Waals surface area contributed by atoms with Crippen molar-refractivity contribution in [2.24, 2.45) is 4.99 Å². The van der Waals surface area contributed by atoms with Crippen molar-refractivity contribution in [3.63, 3.8) is 0 Å². The van der Waals surface area contributed by atoms with Gasteiger partial charge in [-0.25, -0.2) is 0 Å². The number of hydrogen-bond acceptors (Lipinski definition) is 6. The molecular weight excluding hydrogens is 338 g/mol. The van der Waals surface area contributed by atoms with Crippen LogP contribution in [-0.2, 0) is 10.2 Å². The van der Waals surface area contributed by atoms with Crippen molar-refractivity contribution in [2.45, 2.75) is 35.8 Å². The Morgan fingerprint density at radius 2 is 2.32 bits per heavy atom. The van der Waals surface area contributed by atoms with Crippen LogP contribution in [0, 0.1) is 0 Å². The molecule has 7 heteroatoms. The van der Waals surface area contributed by atoms with Gasteiger partial charge in [0, 0.05) is 29.0 Å². The van der Waals surface area contributed by atoms with Gasteiger partial charge in [-0.2, -0.15) is 4.58 Å². The predicted molar refractivity (Wildman–Crippen MR) is 93.6 cm³/mol. The molecular formula is C18H14N3O3S+. The lowest BCUT2D eigenvalue weighted by Gasteiger charge is -2.44. The first-order valence-corrected chi connectivity index (χ1v) is 9.44. The molecule has 2 unspecified atom stereocenters. The highest BCUT2D eigenvalue weighted by atomic mass is 32.2. The number of aliphatic imine (C=N–C) groups is 1. The third kappa shape index (κ3) is 1.15. The topological polar surface area (TPSA) is 84.9 Å². The summed E-state index contributed by atoms with van der Waals surface area (Å²) in [6.45, 7) is 0.586. The van der Waals surface area contributed by atoms with Crippen LogP contribution in [0.1, 0.15) is 24.8 Å². The Morgan fingerprint density at radius 1 is 1.44 bits per heavy atom. The molecule has 1 fully saturated rings. The van der Waals surface area contributed by atoms with Gasteiger partial charge in [0.25, 0.3) is 5.78 Å². The second kappa shape index (κ2) is 3.54. The lowest BCUT2D eigenvalue weighted by atomic mass is 9.63. The van der Waals surface area contributed by atoms with Gasteiger partial charge in [-0.3, -0.25) is 9.79 Å². The summed E-state index contributed by atoms with van der Waals surface area (Å²) in [5.74, 6) is -0.0142. The van der Waals surface area contributed by atoms with Gasteiger partial charge < -0.3 is 15.5 Å². The average molecular weight is 352 g/mol. The number of phenolic OH excluding ortho intramolecular Hbond substituents is 1. The third-order valence-electron chi connectivity index (χ3n) is 6.68. The molecule has 25 heavy (non-hydrogen) atoms. The van der Waals surface area contributed by atoms with E-state index in [4.69, 9.17) is 0 Å². The Balaban J connectivity index is 1.83. The summed E-state index contributed by atoms with van der Waals surface area (Å²) in [6.07, 6.45) is 5.40. The molecule has 3 atom stereocenters. The molecule has 3 N–H and O–H groups in total. The van der Waals surface area contributed by atoms with Gasteiger partial charge in [0.2, 0.25) is 5.36 Å². The highest BCUT2D eigenvalue weighted by Crippen LogP contribution is 2.63. The summed E-state index contributed by atoms with van der Waals surface area (Å²) in [5, 5.41) is 27.7. The van der Waals surface area contributed by atoms with E-state index in [1.165, 1.54) is 0 Å². The Morgan fingerprint density at radius 3 is 3.20 bits per heavy atom. The maximum atomic E-state index is 12.9. The number of benzene rings is 1. The van der Waals surface area contributed by atoms with Gasteiger partial charge in [-0.15, -0.1) is 11.8 Å². The van der Waals surface area contributed by atoms with Crippen LogP contribution in [-0.4, -0.2) is 39.9 Å². The number of anilines is 1. The van der Waals surface area contributed by atoms with E-state index in [-0.39, 0.29) is 22.3 Å². The van der Waals surface area contributed by atoms with Gasteiger partial charge >= 0.3 is 5.72 Å². The summed E-state index contributed by atoms with van der Waals surface area (Å²) >= 11 is 1.65. The first kappa shape index (κ1) is 13.1. The minimum atomic E-state index is -1.49. The number of phenols is 1. The molecule has 6 aliphatic rings. The van der Waals surface area contributed by atoms with Crippen molar-refractivity contribution >= 4 is 40.7 Å². The smallest absolute Gasteiger partial charge is 0.331 e. The molecule has 124 valence electrons. The van der Waals surface area contributed by atoms with Crippen molar-refractivity contribution in [1.29, 1.82) is 0 Å². The fourth-order valence-electron chi connectivity index (χ4n) is 5.71. The van der Waals surface area contributed by atoms with Crippen molar-refractivity contribution in [2.75, 3.05) is 11.9 Å². The lowest BCUT2D eigenvalue weighted by Crippen LogP contribution is -2.70. The summed E-state index contributed by atoms with van der Waals surface area (Å²) in [4.78, 5) is 18.3. The normalized spacial score (nSPS) is 37.4. The minimum Gasteiger partial charge on any atom is -0.504 e. The SMILES string of the molecule is O=C1C=C2SC3C[C@@]24CC1(O)[N+]1=c2c4c(c(O)c4c2=C(C=N4)CC1)N3. The molecule has 1 aromatic carbocycles. The van der Waals surface area contributed by atoms with Crippen LogP contribution in [0.4, 0.5) is 11.4 Å². The average Bonchev–Trinajstić information content (AvgIpc) is 3.12. The first-order chi connectivity index (χ1) is 12.0. The Hall–Kier alpha value is -2.12. The van der Waals surface area contributed by atoms with E-state index < -0.39 is 5.72 Å². The molecule has 5 aliphatic heterocycles. The molecule has 3 bridgehead atoms. The molecule has 0 aromatic heterocycles. The van der Waals surface area contributed by atoms with Crippen molar-refractivity contribution < 1.29 is 15.0 Å². The molecule has 1 spiro atoms. The highest BCUT2D eigenvalue weighted by molar-refractivity contribution is 8.04. The quantitative estimate of drug-likeness (QED) is 0.446. The fourth-order valence-corrected chi connectivity index (χ4v) is 7.22. The van der Waals surface area contributed by atoms with Crippen molar-refractivity contribution in [3.05, 3.63) is 27.1 Å². The molecule has 0 radical (unpaired) electrons. The predicted octanol–water partition coefficient (Wildman–Crippen LogP) is -0.161. The van der Waals surface area contributed by atoms with Crippen molar-refractivity contribution in [3.8, 4) is 5.75 Å².